The molecular weight excluding hydrogens is 638 g/mol. The molecule has 3 heterocycles. The van der Waals surface area contributed by atoms with Crippen molar-refractivity contribution in [1.29, 1.82) is 0 Å². The number of hydrogen-bond acceptors (Lipinski definition) is 7. The molecule has 3 fully saturated rings. The zero-order valence-electron chi connectivity index (χ0n) is 30.2. The fourth-order valence-electron chi connectivity index (χ4n) is 8.87. The van der Waals surface area contributed by atoms with E-state index in [1.54, 1.807) is 4.90 Å². The molecule has 1 aromatic rings. The van der Waals surface area contributed by atoms with E-state index in [9.17, 15) is 24.0 Å². The van der Waals surface area contributed by atoms with Crippen LogP contribution in [0.15, 0.2) is 18.2 Å². The summed E-state index contributed by atoms with van der Waals surface area (Å²) in [6.07, 6.45) is 8.41. The summed E-state index contributed by atoms with van der Waals surface area (Å²) in [7, 11) is 0. The zero-order valence-corrected chi connectivity index (χ0v) is 30.2. The van der Waals surface area contributed by atoms with Crippen molar-refractivity contribution < 1.29 is 33.4 Å². The van der Waals surface area contributed by atoms with Gasteiger partial charge in [0.1, 0.15) is 23.7 Å². The molecule has 6 rings (SSSR count). The monoisotopic (exact) mass is 693 g/mol. The highest BCUT2D eigenvalue weighted by atomic mass is 16.6. The van der Waals surface area contributed by atoms with Crippen LogP contribution in [-0.4, -0.2) is 76.6 Å². The summed E-state index contributed by atoms with van der Waals surface area (Å²) >= 11 is 0. The predicted octanol–water partition coefficient (Wildman–Crippen LogP) is 4.70. The number of nitrogens with one attached hydrogen (secondary N) is 2. The lowest BCUT2D eigenvalue weighted by Crippen LogP contribution is -2.59. The molecule has 1 saturated heterocycles. The minimum atomic E-state index is -1.17. The van der Waals surface area contributed by atoms with Crippen molar-refractivity contribution in [2.75, 3.05) is 13.2 Å². The first-order chi connectivity index (χ1) is 23.7. The summed E-state index contributed by atoms with van der Waals surface area (Å²) in [6.45, 7) is 8.59. The van der Waals surface area contributed by atoms with Gasteiger partial charge in [-0.2, -0.15) is 0 Å². The highest BCUT2D eigenvalue weighted by molar-refractivity contribution is 5.97. The standard InChI is InChI=1S/C38H55N5O7/c1-5-26-19-38(26,33(39)46)41-31(44)29-18-27-21-43(29)32(45)30(36(2,3)4)40-34(47)49-23-37(15-8-6-9-16-37)17-10-7-12-24-13-11-14-25-20-42(22-28(24)25)35(48)50-27/h11,13-14,26-27,29-30H,5-10,12,15-23H2,1-4H3,(H2,39,46)(H,40,47)(H,41,44)/t26-,27-,29+,30-,38-/m1/s1. The van der Waals surface area contributed by atoms with E-state index in [1.807, 2.05) is 33.8 Å². The Morgan fingerprint density at radius 3 is 2.38 bits per heavy atom. The van der Waals surface area contributed by atoms with Gasteiger partial charge in [-0.3, -0.25) is 19.3 Å². The van der Waals surface area contributed by atoms with E-state index in [0.717, 1.165) is 62.5 Å². The lowest BCUT2D eigenvalue weighted by molar-refractivity contribution is -0.143. The predicted molar refractivity (Wildman–Crippen MR) is 185 cm³/mol. The molecule has 274 valence electrons. The van der Waals surface area contributed by atoms with Gasteiger partial charge < -0.3 is 30.7 Å². The molecule has 5 aliphatic rings. The molecule has 12 nitrogen and oxygen atoms in total. The highest BCUT2D eigenvalue weighted by Gasteiger charge is 2.60. The molecule has 12 heteroatoms. The van der Waals surface area contributed by atoms with E-state index in [1.165, 1.54) is 16.9 Å². The van der Waals surface area contributed by atoms with Crippen LogP contribution in [0.25, 0.3) is 0 Å². The van der Waals surface area contributed by atoms with Crippen molar-refractivity contribution in [3.05, 3.63) is 34.9 Å². The molecule has 50 heavy (non-hydrogen) atoms. The molecule has 2 aliphatic carbocycles. The van der Waals surface area contributed by atoms with E-state index in [-0.39, 0.29) is 24.3 Å². The van der Waals surface area contributed by atoms with Crippen molar-refractivity contribution >= 4 is 29.9 Å². The first-order valence-corrected chi connectivity index (χ1v) is 18.7. The summed E-state index contributed by atoms with van der Waals surface area (Å²) in [6, 6.07) is 4.16. The van der Waals surface area contributed by atoms with Crippen LogP contribution in [0.2, 0.25) is 0 Å². The van der Waals surface area contributed by atoms with Gasteiger partial charge in [-0.25, -0.2) is 9.59 Å². The minimum absolute atomic E-state index is 0.0398. The topological polar surface area (TPSA) is 160 Å². The van der Waals surface area contributed by atoms with Crippen LogP contribution in [0.4, 0.5) is 9.59 Å². The lowest BCUT2D eigenvalue weighted by atomic mass is 9.71. The summed E-state index contributed by atoms with van der Waals surface area (Å²) in [5, 5.41) is 5.72. The quantitative estimate of drug-likeness (QED) is 0.412. The number of ether oxygens (including phenoxy) is 2. The van der Waals surface area contributed by atoms with Crippen molar-refractivity contribution in [3.8, 4) is 0 Å². The van der Waals surface area contributed by atoms with Gasteiger partial charge in [-0.15, -0.1) is 0 Å². The summed E-state index contributed by atoms with van der Waals surface area (Å²) < 4.78 is 11.9. The average Bonchev–Trinajstić information content (AvgIpc) is 3.38. The second-order valence-electron chi connectivity index (χ2n) is 16.6. The Balaban J connectivity index is 1.29. The Morgan fingerprint density at radius 1 is 1.02 bits per heavy atom. The third-order valence-corrected chi connectivity index (χ3v) is 12.0. The molecule has 3 aliphatic heterocycles. The molecule has 1 aromatic carbocycles. The molecule has 5 atom stereocenters. The first kappa shape index (κ1) is 36.0. The second kappa shape index (κ2) is 14.1. The lowest BCUT2D eigenvalue weighted by Gasteiger charge is -2.38. The average molecular weight is 694 g/mol. The summed E-state index contributed by atoms with van der Waals surface area (Å²) in [5.74, 6) is -1.71. The molecular formula is C38H55N5O7. The highest BCUT2D eigenvalue weighted by Crippen LogP contribution is 2.46. The number of primary amides is 1. The van der Waals surface area contributed by atoms with Crippen LogP contribution in [0.5, 0.6) is 0 Å². The second-order valence-corrected chi connectivity index (χ2v) is 16.6. The van der Waals surface area contributed by atoms with E-state index in [0.29, 0.717) is 32.5 Å². The number of aryl methyl sites for hydroxylation is 1. The van der Waals surface area contributed by atoms with Gasteiger partial charge in [-0.1, -0.05) is 78.0 Å². The molecule has 4 N–H and O–H groups in total. The van der Waals surface area contributed by atoms with Crippen molar-refractivity contribution in [2.45, 2.75) is 142 Å². The molecule has 0 unspecified atom stereocenters. The number of cyclic esters (lactones) is 1. The largest absolute Gasteiger partial charge is 0.449 e. The SMILES string of the molecule is CC[C@@H]1C[C@]1(NC(=O)[C@@H]1C[C@@H]2CN1C(=O)[C@H](C(C)(C)C)NC(=O)OCC1(CCCCC1)CCCCc1cccc3c1CN(C3)C(=O)O2)C(N)=O. The number of hydrogen-bond donors (Lipinski definition) is 3. The van der Waals surface area contributed by atoms with Crippen molar-refractivity contribution in [2.24, 2.45) is 22.5 Å². The maximum atomic E-state index is 14.5. The molecule has 1 spiro atoms. The van der Waals surface area contributed by atoms with Crippen molar-refractivity contribution in [1.82, 2.24) is 20.4 Å². The number of carbonyl (C=O) groups excluding carboxylic acids is 5. The van der Waals surface area contributed by atoms with Gasteiger partial charge in [0.15, 0.2) is 0 Å². The number of carbonyl (C=O) groups is 5. The van der Waals surface area contributed by atoms with Crippen LogP contribution < -0.4 is 16.4 Å². The number of nitrogens with two attached hydrogens (primary N) is 1. The van der Waals surface area contributed by atoms with E-state index in [4.69, 9.17) is 15.2 Å². The third kappa shape index (κ3) is 7.30. The molecule has 0 radical (unpaired) electrons. The van der Waals surface area contributed by atoms with E-state index < -0.39 is 59.0 Å². The zero-order chi connectivity index (χ0) is 35.8. The van der Waals surface area contributed by atoms with Gasteiger partial charge in [-0.05, 0) is 66.5 Å². The van der Waals surface area contributed by atoms with Crippen LogP contribution in [-0.2, 0) is 43.4 Å². The molecule has 4 bridgehead atoms. The normalized spacial score (nSPS) is 30.3. The fourth-order valence-corrected chi connectivity index (χ4v) is 8.87. The smallest absolute Gasteiger partial charge is 0.410 e. The van der Waals surface area contributed by atoms with Gasteiger partial charge in [0.25, 0.3) is 0 Å². The Morgan fingerprint density at radius 2 is 1.72 bits per heavy atom. The molecule has 0 aromatic heterocycles. The minimum Gasteiger partial charge on any atom is -0.449 e. The molecule has 5 amide bonds. The van der Waals surface area contributed by atoms with Crippen molar-refractivity contribution in [3.63, 3.8) is 0 Å². The number of benzene rings is 1. The Bertz CT molecular complexity index is 1500. The van der Waals surface area contributed by atoms with Gasteiger partial charge >= 0.3 is 12.2 Å². The summed E-state index contributed by atoms with van der Waals surface area (Å²) in [5.41, 5.74) is 7.24. The van der Waals surface area contributed by atoms with Gasteiger partial charge in [0, 0.05) is 24.9 Å². The third-order valence-electron chi connectivity index (χ3n) is 12.0. The number of nitrogens with zero attached hydrogens (tertiary/aromatic N) is 2. The summed E-state index contributed by atoms with van der Waals surface area (Å²) in [4.78, 5) is 71.1. The van der Waals surface area contributed by atoms with Crippen LogP contribution in [0, 0.1) is 16.7 Å². The Kier molecular flexibility index (Phi) is 10.1. The fraction of sp³-hybridized carbons (Fsp3) is 0.711. The molecule has 2 saturated carbocycles. The maximum Gasteiger partial charge on any atom is 0.410 e. The van der Waals surface area contributed by atoms with E-state index >= 15 is 0 Å². The maximum absolute atomic E-state index is 14.5. The first-order valence-electron chi connectivity index (χ1n) is 18.7. The number of amides is 5. The van der Waals surface area contributed by atoms with E-state index in [2.05, 4.69) is 22.8 Å². The van der Waals surface area contributed by atoms with Crippen LogP contribution >= 0.6 is 0 Å². The number of fused-ring (bicyclic) bond motifs is 3. The Labute approximate surface area is 295 Å². The van der Waals surface area contributed by atoms with Gasteiger partial charge in [0.05, 0.1) is 13.2 Å². The van der Waals surface area contributed by atoms with Crippen LogP contribution in [0.1, 0.15) is 115 Å². The Hall–Kier alpha value is -3.83. The van der Waals surface area contributed by atoms with Crippen LogP contribution in [0.3, 0.4) is 0 Å². The number of rotatable bonds is 4. The number of alkyl carbamates (subject to hydrolysis) is 1. The van der Waals surface area contributed by atoms with Gasteiger partial charge in [0.2, 0.25) is 17.7 Å².